The maximum atomic E-state index is 12.7. The molecule has 10 nitrogen and oxygen atoms in total. The Hall–Kier alpha value is -3.40. The number of nitrogens with zero attached hydrogens (tertiary/aromatic N) is 6. The van der Waals surface area contributed by atoms with Gasteiger partial charge in [0.1, 0.15) is 17.7 Å². The number of carbonyl (C=O) groups is 2. The lowest BCUT2D eigenvalue weighted by molar-refractivity contribution is 0.0292. The molecule has 38 heavy (non-hydrogen) atoms. The summed E-state index contributed by atoms with van der Waals surface area (Å²) in [7, 11) is 2.11. The van der Waals surface area contributed by atoms with Crippen molar-refractivity contribution in [2.24, 2.45) is 0 Å². The fraction of sp³-hybridized carbons (Fsp3) is 0.571. The quantitative estimate of drug-likeness (QED) is 0.605. The third-order valence-corrected chi connectivity index (χ3v) is 7.29. The number of rotatable bonds is 6. The van der Waals surface area contributed by atoms with Crippen LogP contribution in [0.25, 0.3) is 11.3 Å². The molecule has 1 amide bonds. The first-order valence-electron chi connectivity index (χ1n) is 13.3. The molecule has 2 aromatic rings. The molecule has 2 aliphatic heterocycles. The third-order valence-electron chi connectivity index (χ3n) is 7.29. The van der Waals surface area contributed by atoms with Gasteiger partial charge in [-0.1, -0.05) is 0 Å². The molecule has 1 N–H and O–H groups in total. The number of hydrogen-bond donors (Lipinski definition) is 1. The summed E-state index contributed by atoms with van der Waals surface area (Å²) in [5.74, 6) is -0.130. The number of hydrogen-bond acceptors (Lipinski definition) is 8. The van der Waals surface area contributed by atoms with Crippen molar-refractivity contribution in [3.05, 3.63) is 35.7 Å². The Balaban J connectivity index is 1.65. The molecule has 2 aliphatic rings. The number of amides is 1. The molecule has 206 valence electrons. The van der Waals surface area contributed by atoms with E-state index in [0.29, 0.717) is 30.9 Å². The van der Waals surface area contributed by atoms with E-state index in [2.05, 4.69) is 38.6 Å². The van der Waals surface area contributed by atoms with Crippen molar-refractivity contribution in [1.29, 1.82) is 0 Å². The lowest BCUT2D eigenvalue weighted by Crippen LogP contribution is -2.44. The Bertz CT molecular complexity index is 1170. The first kappa shape index (κ1) is 27.6. The van der Waals surface area contributed by atoms with Crippen LogP contribution in [0.3, 0.4) is 0 Å². The lowest BCUT2D eigenvalue weighted by atomic mass is 9.98. The molecule has 10 heteroatoms. The van der Waals surface area contributed by atoms with Crippen molar-refractivity contribution < 1.29 is 19.4 Å². The van der Waals surface area contributed by atoms with Gasteiger partial charge in [0.2, 0.25) is 0 Å². The minimum Gasteiger partial charge on any atom is -0.478 e. The van der Waals surface area contributed by atoms with E-state index in [9.17, 15) is 14.7 Å². The summed E-state index contributed by atoms with van der Waals surface area (Å²) < 4.78 is 5.58. The summed E-state index contributed by atoms with van der Waals surface area (Å²) in [6, 6.07) is 5.72. The zero-order chi connectivity index (χ0) is 27.6. The monoisotopic (exact) mass is 524 g/mol. The van der Waals surface area contributed by atoms with E-state index >= 15 is 0 Å². The summed E-state index contributed by atoms with van der Waals surface area (Å²) in [6.07, 6.45) is 2.02. The highest BCUT2D eigenvalue weighted by molar-refractivity contribution is 5.93. The number of carbonyl (C=O) groups excluding carboxylic acids is 1. The van der Waals surface area contributed by atoms with Crippen molar-refractivity contribution >= 4 is 23.6 Å². The molecule has 3 heterocycles. The largest absolute Gasteiger partial charge is 0.478 e. The highest BCUT2D eigenvalue weighted by atomic mass is 16.6. The second kappa shape index (κ2) is 11.1. The molecular formula is C28H40N6O4. The Morgan fingerprint density at radius 3 is 2.45 bits per heavy atom. The molecule has 0 radical (unpaired) electrons. The highest BCUT2D eigenvalue weighted by Gasteiger charge is 2.33. The second-order valence-electron chi connectivity index (χ2n) is 11.2. The number of piperazine rings is 1. The number of carboxylic acid groups (broad SMARTS) is 1. The van der Waals surface area contributed by atoms with Crippen molar-refractivity contribution in [2.75, 3.05) is 62.7 Å². The van der Waals surface area contributed by atoms with E-state index in [0.717, 1.165) is 49.7 Å². The number of aromatic nitrogens is 2. The van der Waals surface area contributed by atoms with Gasteiger partial charge in [-0.05, 0) is 65.8 Å². The molecule has 1 atom stereocenters. The van der Waals surface area contributed by atoms with Crippen LogP contribution in [-0.4, -0.2) is 101 Å². The Morgan fingerprint density at radius 1 is 1.11 bits per heavy atom. The molecule has 2 fully saturated rings. The smallest absolute Gasteiger partial charge is 0.410 e. The van der Waals surface area contributed by atoms with Crippen LogP contribution in [0, 0.1) is 6.92 Å². The summed E-state index contributed by atoms with van der Waals surface area (Å²) >= 11 is 0. The SMILES string of the molecule is CCN(c1cc(-c2cc(N3CCN(C)CC3)ncn2)cc(C(=O)O)c1C)C1CCN(C(=O)OC(C)(C)C)C1. The van der Waals surface area contributed by atoms with Crippen LogP contribution in [0.15, 0.2) is 24.5 Å². The van der Waals surface area contributed by atoms with E-state index in [-0.39, 0.29) is 17.7 Å². The van der Waals surface area contributed by atoms with Crippen molar-refractivity contribution in [2.45, 2.75) is 52.7 Å². The molecule has 1 aromatic carbocycles. The van der Waals surface area contributed by atoms with E-state index in [1.807, 2.05) is 39.8 Å². The predicted molar refractivity (Wildman–Crippen MR) is 148 cm³/mol. The van der Waals surface area contributed by atoms with Crippen LogP contribution >= 0.6 is 0 Å². The Kier molecular flexibility index (Phi) is 8.10. The molecule has 1 unspecified atom stereocenters. The van der Waals surface area contributed by atoms with E-state index in [4.69, 9.17) is 4.74 Å². The molecule has 0 bridgehead atoms. The number of benzene rings is 1. The number of likely N-dealkylation sites (N-methyl/N-ethyl adjacent to an activating group) is 2. The van der Waals surface area contributed by atoms with Gasteiger partial charge in [-0.25, -0.2) is 19.6 Å². The van der Waals surface area contributed by atoms with Crippen LogP contribution in [-0.2, 0) is 4.74 Å². The summed E-state index contributed by atoms with van der Waals surface area (Å²) in [6.45, 7) is 15.0. The Labute approximate surface area is 225 Å². The highest BCUT2D eigenvalue weighted by Crippen LogP contribution is 2.34. The number of likely N-dealkylation sites (tertiary alicyclic amines) is 1. The zero-order valence-electron chi connectivity index (χ0n) is 23.4. The number of carboxylic acids is 1. The van der Waals surface area contributed by atoms with Gasteiger partial charge in [-0.2, -0.15) is 0 Å². The molecule has 0 saturated carbocycles. The van der Waals surface area contributed by atoms with Gasteiger partial charge in [0.15, 0.2) is 0 Å². The van der Waals surface area contributed by atoms with Crippen molar-refractivity contribution in [1.82, 2.24) is 19.8 Å². The first-order chi connectivity index (χ1) is 18.0. The third kappa shape index (κ3) is 6.18. The molecule has 0 spiro atoms. The van der Waals surface area contributed by atoms with Gasteiger partial charge in [0.25, 0.3) is 0 Å². The van der Waals surface area contributed by atoms with E-state index in [1.165, 1.54) is 0 Å². The molecule has 4 rings (SSSR count). The minimum absolute atomic E-state index is 0.0504. The average Bonchev–Trinajstić information content (AvgIpc) is 3.35. The fourth-order valence-corrected chi connectivity index (χ4v) is 5.19. The number of aromatic carboxylic acids is 1. The summed E-state index contributed by atoms with van der Waals surface area (Å²) in [4.78, 5) is 42.4. The van der Waals surface area contributed by atoms with Gasteiger partial charge >= 0.3 is 12.1 Å². The van der Waals surface area contributed by atoms with Gasteiger partial charge in [-0.15, -0.1) is 0 Å². The van der Waals surface area contributed by atoms with Gasteiger partial charge in [0.05, 0.1) is 11.3 Å². The predicted octanol–water partition coefficient (Wildman–Crippen LogP) is 3.74. The molecule has 1 aromatic heterocycles. The average molecular weight is 525 g/mol. The van der Waals surface area contributed by atoms with E-state index in [1.54, 1.807) is 17.3 Å². The second-order valence-corrected chi connectivity index (χ2v) is 11.2. The van der Waals surface area contributed by atoms with Crippen LogP contribution in [0.5, 0.6) is 0 Å². The van der Waals surface area contributed by atoms with Crippen LogP contribution < -0.4 is 9.80 Å². The van der Waals surface area contributed by atoms with Gasteiger partial charge in [0, 0.05) is 69.2 Å². The molecule has 0 aliphatic carbocycles. The molecular weight excluding hydrogens is 484 g/mol. The lowest BCUT2D eigenvalue weighted by Gasteiger charge is -2.33. The van der Waals surface area contributed by atoms with Gasteiger partial charge in [-0.3, -0.25) is 0 Å². The maximum Gasteiger partial charge on any atom is 0.410 e. The number of ether oxygens (including phenoxy) is 1. The first-order valence-corrected chi connectivity index (χ1v) is 13.3. The van der Waals surface area contributed by atoms with E-state index < -0.39 is 11.6 Å². The van der Waals surface area contributed by atoms with Crippen LogP contribution in [0.2, 0.25) is 0 Å². The maximum absolute atomic E-state index is 12.7. The standard InChI is InChI=1S/C28H40N6O4/c1-7-34(21-8-9-33(17-21)27(37)38-28(3,4)5)24-15-20(14-22(19(24)2)26(35)36)23-16-25(30-18-29-23)32-12-10-31(6)11-13-32/h14-16,18,21H,7-13,17H2,1-6H3,(H,35,36). The molecule has 2 saturated heterocycles. The Morgan fingerprint density at radius 2 is 1.82 bits per heavy atom. The van der Waals surface area contributed by atoms with Crippen LogP contribution in [0.4, 0.5) is 16.3 Å². The number of anilines is 2. The fourth-order valence-electron chi connectivity index (χ4n) is 5.19. The van der Waals surface area contributed by atoms with Crippen LogP contribution in [0.1, 0.15) is 50.0 Å². The summed E-state index contributed by atoms with van der Waals surface area (Å²) in [5, 5.41) is 10.1. The van der Waals surface area contributed by atoms with Crippen molar-refractivity contribution in [3.63, 3.8) is 0 Å². The minimum atomic E-state index is -0.975. The topological polar surface area (TPSA) is 102 Å². The zero-order valence-corrected chi connectivity index (χ0v) is 23.4. The van der Waals surface area contributed by atoms with Gasteiger partial charge < -0.3 is 29.4 Å². The normalized spacial score (nSPS) is 18.5. The van der Waals surface area contributed by atoms with Crippen molar-refractivity contribution in [3.8, 4) is 11.3 Å². The summed E-state index contributed by atoms with van der Waals surface area (Å²) in [5.41, 5.74) is 2.67.